The molecule has 0 bridgehead atoms. The van der Waals surface area contributed by atoms with Gasteiger partial charge in [0.15, 0.2) is 0 Å². The number of hydrogen-bond acceptors (Lipinski definition) is 4. The van der Waals surface area contributed by atoms with Crippen LogP contribution in [0.3, 0.4) is 0 Å². The largest absolute Gasteiger partial charge is 0.497 e. The average molecular weight is 349 g/mol. The van der Waals surface area contributed by atoms with Crippen molar-refractivity contribution in [2.24, 2.45) is 0 Å². The predicted molar refractivity (Wildman–Crippen MR) is 95.7 cm³/mol. The Balaban J connectivity index is 2.35. The number of benzene rings is 1. The molecule has 0 spiro atoms. The highest BCUT2D eigenvalue weighted by Gasteiger charge is 2.52. The van der Waals surface area contributed by atoms with E-state index in [2.05, 4.69) is 5.32 Å². The van der Waals surface area contributed by atoms with Crippen molar-refractivity contribution in [3.05, 3.63) is 35.1 Å². The van der Waals surface area contributed by atoms with Crippen molar-refractivity contribution in [2.45, 2.75) is 45.8 Å². The van der Waals surface area contributed by atoms with Crippen molar-refractivity contribution in [3.63, 3.8) is 0 Å². The fourth-order valence-corrected chi connectivity index (χ4v) is 2.38. The van der Waals surface area contributed by atoms with Gasteiger partial charge in [-0.3, -0.25) is 4.79 Å². The molecule has 1 aliphatic rings. The quantitative estimate of drug-likeness (QED) is 0.831. The minimum Gasteiger partial charge on any atom is -0.497 e. The molecule has 1 saturated heterocycles. The molecule has 1 aliphatic heterocycles. The summed E-state index contributed by atoms with van der Waals surface area (Å²) in [5, 5.41) is 2.73. The summed E-state index contributed by atoms with van der Waals surface area (Å²) in [6.07, 6.45) is 1.65. The van der Waals surface area contributed by atoms with Crippen LogP contribution in [-0.2, 0) is 14.1 Å². The first-order chi connectivity index (χ1) is 11.6. The second-order valence-electron chi connectivity index (χ2n) is 7.10. The van der Waals surface area contributed by atoms with Crippen LogP contribution in [0.15, 0.2) is 23.7 Å². The van der Waals surface area contributed by atoms with Crippen molar-refractivity contribution in [1.29, 1.82) is 0 Å². The maximum Gasteiger partial charge on any atom is 0.492 e. The standard InChI is InChI=1S/C18H25BFNO4/c1-12(22)21-11-14(19-24-17(2,3)18(4,5)25-19)9-13-7-8-15(23-6)10-16(13)20/h7-10H,11H2,1-6H3,(H,21,22). The van der Waals surface area contributed by atoms with Gasteiger partial charge in [0.05, 0.1) is 18.3 Å². The third kappa shape index (κ3) is 4.41. The number of ether oxygens (including phenoxy) is 1. The highest BCUT2D eigenvalue weighted by molar-refractivity contribution is 6.56. The van der Waals surface area contributed by atoms with Crippen LogP contribution in [0.1, 0.15) is 40.2 Å². The van der Waals surface area contributed by atoms with Crippen molar-refractivity contribution in [1.82, 2.24) is 5.32 Å². The molecule has 25 heavy (non-hydrogen) atoms. The highest BCUT2D eigenvalue weighted by atomic mass is 19.1. The first kappa shape index (κ1) is 19.5. The Morgan fingerprint density at radius 3 is 2.36 bits per heavy atom. The molecule has 1 N–H and O–H groups in total. The van der Waals surface area contributed by atoms with E-state index in [1.165, 1.54) is 20.1 Å². The molecule has 0 unspecified atom stereocenters. The van der Waals surface area contributed by atoms with Crippen molar-refractivity contribution in [2.75, 3.05) is 13.7 Å². The van der Waals surface area contributed by atoms with Gasteiger partial charge in [0.1, 0.15) is 11.6 Å². The Hall–Kier alpha value is -1.86. The third-order valence-corrected chi connectivity index (χ3v) is 4.65. The van der Waals surface area contributed by atoms with Crippen LogP contribution in [0.25, 0.3) is 6.08 Å². The summed E-state index contributed by atoms with van der Waals surface area (Å²) in [6.45, 7) is 9.40. The van der Waals surface area contributed by atoms with E-state index in [1.54, 1.807) is 18.2 Å². The molecule has 1 heterocycles. The molecule has 1 aromatic carbocycles. The molecule has 7 heteroatoms. The molecule has 0 saturated carbocycles. The van der Waals surface area contributed by atoms with Crippen molar-refractivity contribution in [3.8, 4) is 5.75 Å². The lowest BCUT2D eigenvalue weighted by molar-refractivity contribution is -0.118. The summed E-state index contributed by atoms with van der Waals surface area (Å²) in [4.78, 5) is 11.3. The van der Waals surface area contributed by atoms with Crippen LogP contribution in [0.4, 0.5) is 4.39 Å². The second-order valence-corrected chi connectivity index (χ2v) is 7.10. The molecule has 1 aromatic rings. The zero-order valence-electron chi connectivity index (χ0n) is 15.6. The van der Waals surface area contributed by atoms with E-state index < -0.39 is 24.1 Å². The zero-order valence-corrected chi connectivity index (χ0v) is 15.6. The van der Waals surface area contributed by atoms with E-state index >= 15 is 0 Å². The number of halogens is 1. The molecule has 0 radical (unpaired) electrons. The molecule has 136 valence electrons. The Morgan fingerprint density at radius 2 is 1.88 bits per heavy atom. The summed E-state index contributed by atoms with van der Waals surface area (Å²) < 4.78 is 31.4. The van der Waals surface area contributed by atoms with E-state index in [9.17, 15) is 9.18 Å². The number of carbonyl (C=O) groups is 1. The van der Waals surface area contributed by atoms with E-state index in [1.807, 2.05) is 27.7 Å². The predicted octanol–water partition coefficient (Wildman–Crippen LogP) is 2.99. The SMILES string of the molecule is COc1ccc(C=C(CNC(C)=O)B2OC(C)(C)C(C)(C)O2)c(F)c1. The van der Waals surface area contributed by atoms with Gasteiger partial charge in [-0.1, -0.05) is 6.08 Å². The maximum atomic E-state index is 14.3. The number of methoxy groups -OCH3 is 1. The first-order valence-corrected chi connectivity index (χ1v) is 8.20. The fraction of sp³-hybridized carbons (Fsp3) is 0.500. The number of carbonyl (C=O) groups excluding carboxylic acids is 1. The molecule has 5 nitrogen and oxygen atoms in total. The number of nitrogens with one attached hydrogen (secondary N) is 1. The van der Waals surface area contributed by atoms with Gasteiger partial charge in [0.25, 0.3) is 0 Å². The van der Waals surface area contributed by atoms with Crippen LogP contribution in [0.5, 0.6) is 5.75 Å². The van der Waals surface area contributed by atoms with Gasteiger partial charge in [-0.25, -0.2) is 4.39 Å². The lowest BCUT2D eigenvalue weighted by Crippen LogP contribution is -2.41. The van der Waals surface area contributed by atoms with E-state index in [0.717, 1.165) is 0 Å². The molecule has 0 aromatic heterocycles. The van der Waals surface area contributed by atoms with Crippen molar-refractivity contribution < 1.29 is 23.2 Å². The van der Waals surface area contributed by atoms with Crippen LogP contribution in [0.2, 0.25) is 0 Å². The second kappa shape index (κ2) is 7.18. The lowest BCUT2D eigenvalue weighted by Gasteiger charge is -2.32. The molecule has 2 rings (SSSR count). The summed E-state index contributed by atoms with van der Waals surface area (Å²) in [6, 6.07) is 4.61. The summed E-state index contributed by atoms with van der Waals surface area (Å²) in [5.74, 6) is -0.164. The summed E-state index contributed by atoms with van der Waals surface area (Å²) in [5.41, 5.74) is -0.0366. The highest BCUT2D eigenvalue weighted by Crippen LogP contribution is 2.38. The number of rotatable bonds is 5. The number of amides is 1. The smallest absolute Gasteiger partial charge is 0.492 e. The fourth-order valence-electron chi connectivity index (χ4n) is 2.38. The topological polar surface area (TPSA) is 56.8 Å². The Labute approximate surface area is 148 Å². The van der Waals surface area contributed by atoms with Gasteiger partial charge < -0.3 is 19.4 Å². The lowest BCUT2D eigenvalue weighted by atomic mass is 9.77. The van der Waals surface area contributed by atoms with E-state index in [0.29, 0.717) is 16.8 Å². The monoisotopic (exact) mass is 349 g/mol. The molecule has 1 fully saturated rings. The average Bonchev–Trinajstić information content (AvgIpc) is 2.72. The van der Waals surface area contributed by atoms with Gasteiger partial charge in [-0.05, 0) is 45.3 Å². The van der Waals surface area contributed by atoms with Crippen LogP contribution < -0.4 is 10.1 Å². The molecular weight excluding hydrogens is 324 g/mol. The van der Waals surface area contributed by atoms with Crippen LogP contribution >= 0.6 is 0 Å². The normalized spacial score (nSPS) is 19.0. The van der Waals surface area contributed by atoms with Crippen LogP contribution in [0, 0.1) is 5.82 Å². The van der Waals surface area contributed by atoms with Gasteiger partial charge in [0, 0.05) is 25.1 Å². The molecule has 1 amide bonds. The summed E-state index contributed by atoms with van der Waals surface area (Å²) >= 11 is 0. The zero-order chi connectivity index (χ0) is 18.8. The van der Waals surface area contributed by atoms with Gasteiger partial charge in [-0.15, -0.1) is 0 Å². The van der Waals surface area contributed by atoms with E-state index in [-0.39, 0.29) is 12.5 Å². The third-order valence-electron chi connectivity index (χ3n) is 4.65. The first-order valence-electron chi connectivity index (χ1n) is 8.20. The van der Waals surface area contributed by atoms with Gasteiger partial charge in [-0.2, -0.15) is 0 Å². The minimum absolute atomic E-state index is 0.183. The van der Waals surface area contributed by atoms with Crippen LogP contribution in [-0.4, -0.2) is 37.9 Å². The minimum atomic E-state index is -0.668. The van der Waals surface area contributed by atoms with Crippen molar-refractivity contribution >= 4 is 19.1 Å². The van der Waals surface area contributed by atoms with Gasteiger partial charge >= 0.3 is 7.12 Å². The molecule has 0 aliphatic carbocycles. The maximum absolute atomic E-state index is 14.3. The Morgan fingerprint density at radius 1 is 1.28 bits per heavy atom. The Bertz CT molecular complexity index is 672. The van der Waals surface area contributed by atoms with E-state index in [4.69, 9.17) is 14.0 Å². The molecular formula is C18H25BFNO4. The number of hydrogen-bond donors (Lipinski definition) is 1. The van der Waals surface area contributed by atoms with Gasteiger partial charge in [0.2, 0.25) is 5.91 Å². The summed E-state index contributed by atoms with van der Waals surface area (Å²) in [7, 11) is 0.815. The Kier molecular flexibility index (Phi) is 5.59. The molecule has 0 atom stereocenters.